The van der Waals surface area contributed by atoms with Crippen LogP contribution in [0.25, 0.3) is 0 Å². The quantitative estimate of drug-likeness (QED) is 0.274. The van der Waals surface area contributed by atoms with Crippen LogP contribution in [0.3, 0.4) is 0 Å². The summed E-state index contributed by atoms with van der Waals surface area (Å²) in [6.45, 7) is 7.92. The summed E-state index contributed by atoms with van der Waals surface area (Å²) in [7, 11) is 0. The van der Waals surface area contributed by atoms with Gasteiger partial charge in [0.05, 0.1) is 23.1 Å². The van der Waals surface area contributed by atoms with Crippen LogP contribution in [0.1, 0.15) is 25.5 Å². The number of allylic oxidation sites excluding steroid dienone is 1. The van der Waals surface area contributed by atoms with Crippen molar-refractivity contribution in [1.82, 2.24) is 10.2 Å². The molecule has 1 aliphatic rings. The van der Waals surface area contributed by atoms with Gasteiger partial charge in [-0.05, 0) is 43.8 Å². The van der Waals surface area contributed by atoms with Crippen molar-refractivity contribution in [2.75, 3.05) is 13.2 Å². The van der Waals surface area contributed by atoms with Gasteiger partial charge in [-0.2, -0.15) is 0 Å². The van der Waals surface area contributed by atoms with Crippen molar-refractivity contribution in [3.63, 3.8) is 0 Å². The van der Waals surface area contributed by atoms with E-state index in [1.54, 1.807) is 37.0 Å². The van der Waals surface area contributed by atoms with Crippen molar-refractivity contribution in [2.24, 2.45) is 0 Å². The Morgan fingerprint density at radius 2 is 2.12 bits per heavy atom. The molecule has 0 bridgehead atoms. The van der Waals surface area contributed by atoms with Crippen LogP contribution in [-0.4, -0.2) is 34.1 Å². The van der Waals surface area contributed by atoms with Crippen LogP contribution < -0.4 is 5.32 Å². The average Bonchev–Trinajstić information content (AvgIpc) is 2.58. The first-order valence-corrected chi connectivity index (χ1v) is 8.12. The topological polar surface area (TPSA) is 84.7 Å². The number of ether oxygens (including phenoxy) is 1. The summed E-state index contributed by atoms with van der Waals surface area (Å²) >= 11 is 5.39. The number of non-ortho nitro benzene ring substituents is 1. The van der Waals surface area contributed by atoms with E-state index < -0.39 is 16.9 Å². The minimum Gasteiger partial charge on any atom is -0.463 e. The second-order valence-corrected chi connectivity index (χ2v) is 5.74. The van der Waals surface area contributed by atoms with E-state index in [-0.39, 0.29) is 12.3 Å². The van der Waals surface area contributed by atoms with Crippen molar-refractivity contribution >= 4 is 29.0 Å². The molecular weight excluding hydrogens is 342 g/mol. The third kappa shape index (κ3) is 3.85. The number of esters is 1. The molecule has 132 valence electrons. The van der Waals surface area contributed by atoms with Crippen LogP contribution in [0.2, 0.25) is 0 Å². The van der Waals surface area contributed by atoms with E-state index in [2.05, 4.69) is 11.9 Å². The number of carbonyl (C=O) groups excluding carboxylic acids is 1. The maximum atomic E-state index is 12.5. The monoisotopic (exact) mass is 361 g/mol. The van der Waals surface area contributed by atoms with Crippen LogP contribution >= 0.6 is 12.2 Å². The summed E-state index contributed by atoms with van der Waals surface area (Å²) < 4.78 is 5.19. The van der Waals surface area contributed by atoms with Crippen molar-refractivity contribution in [3.8, 4) is 0 Å². The highest BCUT2D eigenvalue weighted by Crippen LogP contribution is 2.32. The Kier molecular flexibility index (Phi) is 5.87. The number of nitrogens with zero attached hydrogens (tertiary/aromatic N) is 2. The van der Waals surface area contributed by atoms with Gasteiger partial charge >= 0.3 is 5.97 Å². The second kappa shape index (κ2) is 7.89. The van der Waals surface area contributed by atoms with E-state index in [0.29, 0.717) is 28.5 Å². The fourth-order valence-corrected chi connectivity index (χ4v) is 2.97. The largest absolute Gasteiger partial charge is 0.463 e. The molecule has 0 saturated heterocycles. The lowest BCUT2D eigenvalue weighted by molar-refractivity contribution is -0.384. The Morgan fingerprint density at radius 3 is 2.64 bits per heavy atom. The smallest absolute Gasteiger partial charge is 0.338 e. The number of thiocarbonyl (C=S) groups is 1. The molecule has 0 unspecified atom stereocenters. The SMILES string of the molecule is C=CCN1C(=S)N[C@@H](c2ccc([N+](=O)[O-])cc2)C(C(=O)OCC)=C1C. The molecule has 0 fully saturated rings. The number of hydrogen-bond donors (Lipinski definition) is 1. The summed E-state index contributed by atoms with van der Waals surface area (Å²) in [6, 6.07) is 5.47. The summed E-state index contributed by atoms with van der Waals surface area (Å²) in [5, 5.41) is 14.4. The molecule has 8 heteroatoms. The van der Waals surface area contributed by atoms with Gasteiger partial charge in [-0.1, -0.05) is 6.08 Å². The maximum absolute atomic E-state index is 12.5. The van der Waals surface area contributed by atoms with Crippen LogP contribution in [-0.2, 0) is 9.53 Å². The Morgan fingerprint density at radius 1 is 1.48 bits per heavy atom. The number of rotatable bonds is 6. The summed E-state index contributed by atoms with van der Waals surface area (Å²) in [4.78, 5) is 24.6. The molecule has 1 aromatic carbocycles. The average molecular weight is 361 g/mol. The molecule has 0 spiro atoms. The zero-order valence-electron chi connectivity index (χ0n) is 14.0. The molecule has 25 heavy (non-hydrogen) atoms. The Labute approximate surface area is 151 Å². The van der Waals surface area contributed by atoms with Gasteiger partial charge in [0.1, 0.15) is 0 Å². The lowest BCUT2D eigenvalue weighted by atomic mass is 9.95. The Bertz CT molecular complexity index is 743. The molecule has 1 atom stereocenters. The van der Waals surface area contributed by atoms with Crippen LogP contribution in [0, 0.1) is 10.1 Å². The summed E-state index contributed by atoms with van der Waals surface area (Å²) in [5.41, 5.74) is 1.76. The fraction of sp³-hybridized carbons (Fsp3) is 0.294. The molecular formula is C17H19N3O4S. The zero-order chi connectivity index (χ0) is 18.6. The molecule has 0 amide bonds. The van der Waals surface area contributed by atoms with E-state index >= 15 is 0 Å². The molecule has 0 aromatic heterocycles. The van der Waals surface area contributed by atoms with Crippen molar-refractivity contribution in [1.29, 1.82) is 0 Å². The number of nitro benzene ring substituents is 1. The molecule has 1 heterocycles. The minimum atomic E-state index is -0.534. The van der Waals surface area contributed by atoms with Gasteiger partial charge < -0.3 is 15.0 Å². The zero-order valence-corrected chi connectivity index (χ0v) is 14.8. The van der Waals surface area contributed by atoms with Crippen LogP contribution in [0.5, 0.6) is 0 Å². The van der Waals surface area contributed by atoms with Gasteiger partial charge in [-0.15, -0.1) is 6.58 Å². The predicted molar refractivity (Wildman–Crippen MR) is 97.8 cm³/mol. The van der Waals surface area contributed by atoms with E-state index in [1.165, 1.54) is 12.1 Å². The standard InChI is InChI=1S/C17H19N3O4S/c1-4-10-19-11(3)14(16(21)24-5-2)15(18-17(19)25)12-6-8-13(9-7-12)20(22)23/h4,6-9,15H,1,5,10H2,2-3H3,(H,18,25)/t15-/m0/s1. The first kappa shape index (κ1) is 18.6. The molecule has 1 aliphatic heterocycles. The molecule has 7 nitrogen and oxygen atoms in total. The lowest BCUT2D eigenvalue weighted by Crippen LogP contribution is -2.47. The number of nitro groups is 1. The highest BCUT2D eigenvalue weighted by Gasteiger charge is 2.34. The number of hydrogen-bond acceptors (Lipinski definition) is 5. The number of benzene rings is 1. The van der Waals surface area contributed by atoms with E-state index in [1.807, 2.05) is 0 Å². The Hall–Kier alpha value is -2.74. The molecule has 2 rings (SSSR count). The van der Waals surface area contributed by atoms with Crippen LogP contribution in [0.4, 0.5) is 5.69 Å². The first-order valence-electron chi connectivity index (χ1n) is 7.71. The Balaban J connectivity index is 2.50. The van der Waals surface area contributed by atoms with E-state index in [4.69, 9.17) is 17.0 Å². The highest BCUT2D eigenvalue weighted by molar-refractivity contribution is 7.80. The van der Waals surface area contributed by atoms with Crippen molar-refractivity contribution < 1.29 is 14.5 Å². The van der Waals surface area contributed by atoms with Crippen molar-refractivity contribution in [2.45, 2.75) is 19.9 Å². The van der Waals surface area contributed by atoms with Gasteiger partial charge in [-0.25, -0.2) is 4.79 Å². The summed E-state index contributed by atoms with van der Waals surface area (Å²) in [5.74, 6) is -0.451. The van der Waals surface area contributed by atoms with E-state index in [9.17, 15) is 14.9 Å². The van der Waals surface area contributed by atoms with Gasteiger partial charge in [0.25, 0.3) is 5.69 Å². The molecule has 1 aromatic rings. The lowest BCUT2D eigenvalue weighted by Gasteiger charge is -2.37. The molecule has 0 saturated carbocycles. The normalized spacial score (nSPS) is 17.1. The second-order valence-electron chi connectivity index (χ2n) is 5.35. The maximum Gasteiger partial charge on any atom is 0.338 e. The van der Waals surface area contributed by atoms with Gasteiger partial charge in [0.15, 0.2) is 5.11 Å². The van der Waals surface area contributed by atoms with Gasteiger partial charge in [0, 0.05) is 24.4 Å². The van der Waals surface area contributed by atoms with Gasteiger partial charge in [-0.3, -0.25) is 10.1 Å². The van der Waals surface area contributed by atoms with E-state index in [0.717, 1.165) is 0 Å². The van der Waals surface area contributed by atoms with Crippen molar-refractivity contribution in [3.05, 3.63) is 63.9 Å². The number of nitrogens with one attached hydrogen (secondary N) is 1. The third-order valence-corrected chi connectivity index (χ3v) is 4.18. The highest BCUT2D eigenvalue weighted by atomic mass is 32.1. The third-order valence-electron chi connectivity index (χ3n) is 3.84. The molecule has 1 N–H and O–H groups in total. The molecule has 0 radical (unpaired) electrons. The molecule has 0 aliphatic carbocycles. The predicted octanol–water partition coefficient (Wildman–Crippen LogP) is 2.85. The van der Waals surface area contributed by atoms with Gasteiger partial charge in [0.2, 0.25) is 0 Å². The minimum absolute atomic E-state index is 0.0196. The number of carbonyl (C=O) groups is 1. The first-order chi connectivity index (χ1) is 11.9. The van der Waals surface area contributed by atoms with Crippen LogP contribution in [0.15, 0.2) is 48.2 Å². The summed E-state index contributed by atoms with van der Waals surface area (Å²) in [6.07, 6.45) is 1.69. The fourth-order valence-electron chi connectivity index (χ4n) is 2.64.